The Labute approximate surface area is 185 Å². The molecule has 1 amide bonds. The number of halogens is 1. The van der Waals surface area contributed by atoms with Crippen molar-refractivity contribution < 1.29 is 9.18 Å². The van der Waals surface area contributed by atoms with Crippen molar-refractivity contribution in [2.45, 2.75) is 76.8 Å². The summed E-state index contributed by atoms with van der Waals surface area (Å²) in [6.07, 6.45) is 14.0. The molecule has 0 unspecified atom stereocenters. The van der Waals surface area contributed by atoms with E-state index >= 15 is 0 Å². The van der Waals surface area contributed by atoms with Gasteiger partial charge in [-0.1, -0.05) is 43.0 Å². The number of rotatable bonds is 8. The molecule has 6 heteroatoms. The third kappa shape index (κ3) is 7.38. The summed E-state index contributed by atoms with van der Waals surface area (Å²) < 4.78 is 13.3. The van der Waals surface area contributed by atoms with Crippen molar-refractivity contribution in [3.8, 4) is 0 Å². The highest BCUT2D eigenvalue weighted by atomic mass is 32.1. The second-order valence-corrected chi connectivity index (χ2v) is 8.80. The molecular weight excluding hydrogens is 397 g/mol. The minimum absolute atomic E-state index is 0.0286. The van der Waals surface area contributed by atoms with Gasteiger partial charge in [-0.05, 0) is 74.9 Å². The molecule has 1 aromatic rings. The summed E-state index contributed by atoms with van der Waals surface area (Å²) in [6.45, 7) is 1.50. The lowest BCUT2D eigenvalue weighted by atomic mass is 9.94. The molecule has 0 aliphatic heterocycles. The van der Waals surface area contributed by atoms with Crippen LogP contribution in [0.3, 0.4) is 0 Å². The van der Waals surface area contributed by atoms with Crippen LogP contribution in [-0.4, -0.2) is 35.1 Å². The van der Waals surface area contributed by atoms with E-state index in [0.717, 1.165) is 31.2 Å². The van der Waals surface area contributed by atoms with Crippen molar-refractivity contribution in [2.24, 2.45) is 0 Å². The molecule has 2 aliphatic rings. The molecule has 0 bridgehead atoms. The Kier molecular flexibility index (Phi) is 9.12. The topological polar surface area (TPSA) is 44.4 Å². The Morgan fingerprint density at radius 3 is 2.53 bits per heavy atom. The molecule has 0 atom stereocenters. The molecule has 3 rings (SSSR count). The number of carbonyl (C=O) groups is 1. The fourth-order valence-electron chi connectivity index (χ4n) is 4.36. The SMILES string of the molecule is O=C(CNC(=S)N(Cc1ccc(F)cc1)C1CCCCC1)NCCC1=CCCCC1. The molecule has 0 radical (unpaired) electrons. The van der Waals surface area contributed by atoms with E-state index in [1.54, 1.807) is 12.1 Å². The first-order valence-electron chi connectivity index (χ1n) is 11.4. The lowest BCUT2D eigenvalue weighted by Gasteiger charge is -2.36. The summed E-state index contributed by atoms with van der Waals surface area (Å²) in [5.74, 6) is -0.261. The lowest BCUT2D eigenvalue weighted by Crippen LogP contribution is -2.48. The smallest absolute Gasteiger partial charge is 0.239 e. The van der Waals surface area contributed by atoms with Gasteiger partial charge in [0.1, 0.15) is 5.82 Å². The van der Waals surface area contributed by atoms with Gasteiger partial charge in [-0.15, -0.1) is 0 Å². The molecule has 1 fully saturated rings. The van der Waals surface area contributed by atoms with Crippen molar-refractivity contribution in [1.29, 1.82) is 0 Å². The maximum atomic E-state index is 13.3. The molecule has 1 saturated carbocycles. The van der Waals surface area contributed by atoms with Gasteiger partial charge in [-0.2, -0.15) is 0 Å². The molecule has 0 aromatic heterocycles. The van der Waals surface area contributed by atoms with E-state index in [1.807, 2.05) is 0 Å². The van der Waals surface area contributed by atoms with E-state index < -0.39 is 0 Å². The standard InChI is InChI=1S/C24H34FN3OS/c25-21-13-11-20(12-14-21)18-28(22-9-5-2-6-10-22)24(30)27-17-23(29)26-16-15-19-7-3-1-4-8-19/h7,11-14,22H,1-6,8-10,15-18H2,(H,26,29)(H,27,30). The van der Waals surface area contributed by atoms with Crippen LogP contribution in [0.2, 0.25) is 0 Å². The van der Waals surface area contributed by atoms with E-state index in [2.05, 4.69) is 21.6 Å². The van der Waals surface area contributed by atoms with Crippen LogP contribution < -0.4 is 10.6 Å². The number of nitrogens with one attached hydrogen (secondary N) is 2. The predicted octanol–water partition coefficient (Wildman–Crippen LogP) is 4.84. The Hall–Kier alpha value is -1.95. The largest absolute Gasteiger partial charge is 0.354 e. The van der Waals surface area contributed by atoms with E-state index in [9.17, 15) is 9.18 Å². The van der Waals surface area contributed by atoms with Gasteiger partial charge in [-0.25, -0.2) is 4.39 Å². The monoisotopic (exact) mass is 431 g/mol. The molecule has 2 aliphatic carbocycles. The number of hydrogen-bond donors (Lipinski definition) is 2. The van der Waals surface area contributed by atoms with Gasteiger partial charge >= 0.3 is 0 Å². The third-order valence-electron chi connectivity index (χ3n) is 6.10. The van der Waals surface area contributed by atoms with Crippen LogP contribution in [-0.2, 0) is 11.3 Å². The van der Waals surface area contributed by atoms with Crippen LogP contribution >= 0.6 is 12.2 Å². The van der Waals surface area contributed by atoms with Crippen LogP contribution in [0.5, 0.6) is 0 Å². The average Bonchev–Trinajstić information content (AvgIpc) is 2.78. The summed E-state index contributed by atoms with van der Waals surface area (Å²) in [6, 6.07) is 6.95. The minimum Gasteiger partial charge on any atom is -0.354 e. The zero-order valence-electron chi connectivity index (χ0n) is 17.8. The summed E-state index contributed by atoms with van der Waals surface area (Å²) in [5.41, 5.74) is 2.49. The molecule has 0 spiro atoms. The quantitative estimate of drug-likeness (QED) is 0.457. The second kappa shape index (κ2) is 12.0. The summed E-state index contributed by atoms with van der Waals surface area (Å²) >= 11 is 5.67. The lowest BCUT2D eigenvalue weighted by molar-refractivity contribution is -0.120. The molecular formula is C24H34FN3OS. The van der Waals surface area contributed by atoms with Crippen molar-refractivity contribution in [1.82, 2.24) is 15.5 Å². The number of carbonyl (C=O) groups excluding carboxylic acids is 1. The van der Waals surface area contributed by atoms with Crippen LogP contribution in [0.1, 0.15) is 69.8 Å². The van der Waals surface area contributed by atoms with Crippen molar-refractivity contribution >= 4 is 23.2 Å². The average molecular weight is 432 g/mol. The van der Waals surface area contributed by atoms with Crippen molar-refractivity contribution in [2.75, 3.05) is 13.1 Å². The highest BCUT2D eigenvalue weighted by Crippen LogP contribution is 2.24. The zero-order chi connectivity index (χ0) is 21.2. The highest BCUT2D eigenvalue weighted by Gasteiger charge is 2.23. The van der Waals surface area contributed by atoms with Gasteiger partial charge < -0.3 is 15.5 Å². The Bertz CT molecular complexity index is 728. The van der Waals surface area contributed by atoms with E-state index in [0.29, 0.717) is 24.2 Å². The van der Waals surface area contributed by atoms with Gasteiger partial charge in [0.2, 0.25) is 5.91 Å². The maximum absolute atomic E-state index is 13.3. The fraction of sp³-hybridized carbons (Fsp3) is 0.583. The number of nitrogens with zero attached hydrogens (tertiary/aromatic N) is 1. The number of benzene rings is 1. The minimum atomic E-state index is -0.232. The molecule has 30 heavy (non-hydrogen) atoms. The second-order valence-electron chi connectivity index (χ2n) is 8.41. The van der Waals surface area contributed by atoms with E-state index in [1.165, 1.54) is 56.2 Å². The van der Waals surface area contributed by atoms with Crippen LogP contribution in [0, 0.1) is 5.82 Å². The van der Waals surface area contributed by atoms with Gasteiger partial charge in [0.25, 0.3) is 0 Å². The van der Waals surface area contributed by atoms with Gasteiger partial charge in [0.15, 0.2) is 5.11 Å². The maximum Gasteiger partial charge on any atom is 0.239 e. The summed E-state index contributed by atoms with van der Waals surface area (Å²) in [4.78, 5) is 14.5. The van der Waals surface area contributed by atoms with Gasteiger partial charge in [-0.3, -0.25) is 4.79 Å². The number of allylic oxidation sites excluding steroid dienone is 1. The summed E-state index contributed by atoms with van der Waals surface area (Å²) in [7, 11) is 0. The van der Waals surface area contributed by atoms with Gasteiger partial charge in [0, 0.05) is 19.1 Å². The summed E-state index contributed by atoms with van der Waals surface area (Å²) in [5, 5.41) is 6.76. The molecule has 4 nitrogen and oxygen atoms in total. The first-order valence-corrected chi connectivity index (χ1v) is 11.8. The number of thiocarbonyl (C=S) groups is 1. The van der Waals surface area contributed by atoms with Crippen molar-refractivity contribution in [3.63, 3.8) is 0 Å². The third-order valence-corrected chi connectivity index (χ3v) is 6.47. The first kappa shape index (κ1) is 22.7. The van der Waals surface area contributed by atoms with Crippen LogP contribution in [0.15, 0.2) is 35.9 Å². The van der Waals surface area contributed by atoms with Gasteiger partial charge in [0.05, 0.1) is 6.54 Å². The van der Waals surface area contributed by atoms with Crippen molar-refractivity contribution in [3.05, 3.63) is 47.3 Å². The fourth-order valence-corrected chi connectivity index (χ4v) is 4.65. The number of hydrogen-bond acceptors (Lipinski definition) is 2. The van der Waals surface area contributed by atoms with E-state index in [-0.39, 0.29) is 18.3 Å². The Morgan fingerprint density at radius 1 is 1.07 bits per heavy atom. The Balaban J connectivity index is 1.48. The first-order chi connectivity index (χ1) is 14.6. The van der Waals surface area contributed by atoms with E-state index in [4.69, 9.17) is 12.2 Å². The molecule has 1 aromatic carbocycles. The molecule has 2 N–H and O–H groups in total. The molecule has 0 heterocycles. The van der Waals surface area contributed by atoms with Crippen LogP contribution in [0.4, 0.5) is 4.39 Å². The zero-order valence-corrected chi connectivity index (χ0v) is 18.6. The van der Waals surface area contributed by atoms with Crippen LogP contribution in [0.25, 0.3) is 0 Å². The normalized spacial score (nSPS) is 17.2. The molecule has 0 saturated heterocycles. The Morgan fingerprint density at radius 2 is 1.83 bits per heavy atom. The predicted molar refractivity (Wildman–Crippen MR) is 124 cm³/mol. The molecule has 164 valence electrons. The highest BCUT2D eigenvalue weighted by molar-refractivity contribution is 7.80. The number of amides is 1.